The fourth-order valence-corrected chi connectivity index (χ4v) is 3.76. The molecule has 2 rings (SSSR count). The minimum absolute atomic E-state index is 0.0587. The van der Waals surface area contributed by atoms with E-state index in [0.29, 0.717) is 6.54 Å². The molecule has 0 bridgehead atoms. The maximum absolute atomic E-state index is 11.9. The van der Waals surface area contributed by atoms with Crippen LogP contribution in [0.2, 0.25) is 0 Å². The molecule has 1 aliphatic heterocycles. The molecular weight excluding hydrogens is 268 g/mol. The standard InChI is InChI=1S/C12H18N2O2S2/c1-8-7-17-12(14-8)18-9(2)11(15)13-6-10-4-3-5-16-10/h7,9-10H,3-6H2,1-2H3,(H,13,15)/t9-,10+/m0/s1. The van der Waals surface area contributed by atoms with Gasteiger partial charge in [-0.25, -0.2) is 4.98 Å². The highest BCUT2D eigenvalue weighted by molar-refractivity contribution is 8.02. The minimum Gasteiger partial charge on any atom is -0.376 e. The number of aromatic nitrogens is 1. The van der Waals surface area contributed by atoms with Crippen LogP contribution in [-0.2, 0) is 9.53 Å². The summed E-state index contributed by atoms with van der Waals surface area (Å²) < 4.78 is 6.42. The summed E-state index contributed by atoms with van der Waals surface area (Å²) in [5.41, 5.74) is 1.01. The van der Waals surface area contributed by atoms with Crippen LogP contribution in [-0.4, -0.2) is 35.4 Å². The summed E-state index contributed by atoms with van der Waals surface area (Å²) in [7, 11) is 0. The van der Waals surface area contributed by atoms with E-state index in [2.05, 4.69) is 10.3 Å². The molecule has 0 saturated carbocycles. The van der Waals surface area contributed by atoms with Gasteiger partial charge >= 0.3 is 0 Å². The molecule has 100 valence electrons. The number of rotatable bonds is 5. The number of thiazole rings is 1. The van der Waals surface area contributed by atoms with E-state index in [4.69, 9.17) is 4.74 Å². The van der Waals surface area contributed by atoms with Gasteiger partial charge in [-0.3, -0.25) is 4.79 Å². The molecule has 0 aliphatic carbocycles. The van der Waals surface area contributed by atoms with Crippen molar-refractivity contribution in [1.29, 1.82) is 0 Å². The first-order valence-electron chi connectivity index (χ1n) is 6.13. The van der Waals surface area contributed by atoms with E-state index >= 15 is 0 Å². The Morgan fingerprint density at radius 2 is 2.61 bits per heavy atom. The molecule has 1 aliphatic rings. The van der Waals surface area contributed by atoms with E-state index in [-0.39, 0.29) is 17.3 Å². The van der Waals surface area contributed by atoms with Gasteiger partial charge < -0.3 is 10.1 Å². The lowest BCUT2D eigenvalue weighted by Gasteiger charge is -2.13. The molecule has 2 heterocycles. The third kappa shape index (κ3) is 3.96. The van der Waals surface area contributed by atoms with Crippen LogP contribution in [0.1, 0.15) is 25.5 Å². The van der Waals surface area contributed by atoms with Crippen molar-refractivity contribution in [2.75, 3.05) is 13.2 Å². The van der Waals surface area contributed by atoms with Crippen molar-refractivity contribution in [1.82, 2.24) is 10.3 Å². The topological polar surface area (TPSA) is 51.2 Å². The molecule has 1 aromatic heterocycles. The number of ether oxygens (including phenoxy) is 1. The van der Waals surface area contributed by atoms with Gasteiger partial charge in [-0.1, -0.05) is 11.8 Å². The molecule has 1 fully saturated rings. The second-order valence-corrected chi connectivity index (χ2v) is 6.84. The van der Waals surface area contributed by atoms with Crippen molar-refractivity contribution >= 4 is 29.0 Å². The molecule has 18 heavy (non-hydrogen) atoms. The third-order valence-electron chi connectivity index (χ3n) is 2.77. The number of thioether (sulfide) groups is 1. The van der Waals surface area contributed by atoms with Crippen molar-refractivity contribution in [3.63, 3.8) is 0 Å². The van der Waals surface area contributed by atoms with E-state index < -0.39 is 0 Å². The van der Waals surface area contributed by atoms with Crippen molar-refractivity contribution in [2.24, 2.45) is 0 Å². The Hall–Kier alpha value is -0.590. The van der Waals surface area contributed by atoms with Crippen molar-refractivity contribution in [3.05, 3.63) is 11.1 Å². The van der Waals surface area contributed by atoms with Crippen LogP contribution in [0, 0.1) is 6.92 Å². The second-order valence-electron chi connectivity index (χ2n) is 4.40. The van der Waals surface area contributed by atoms with Crippen LogP contribution in [0.4, 0.5) is 0 Å². The van der Waals surface area contributed by atoms with Crippen molar-refractivity contribution in [3.8, 4) is 0 Å². The second kappa shape index (κ2) is 6.54. The van der Waals surface area contributed by atoms with Gasteiger partial charge in [0.15, 0.2) is 4.34 Å². The average Bonchev–Trinajstić information content (AvgIpc) is 2.97. The van der Waals surface area contributed by atoms with Crippen LogP contribution in [0.25, 0.3) is 0 Å². The van der Waals surface area contributed by atoms with Gasteiger partial charge in [0.2, 0.25) is 5.91 Å². The van der Waals surface area contributed by atoms with E-state index in [0.717, 1.165) is 29.5 Å². The Morgan fingerprint density at radius 3 is 3.22 bits per heavy atom. The summed E-state index contributed by atoms with van der Waals surface area (Å²) in [6, 6.07) is 0. The lowest BCUT2D eigenvalue weighted by Crippen LogP contribution is -2.36. The number of nitrogens with one attached hydrogen (secondary N) is 1. The highest BCUT2D eigenvalue weighted by atomic mass is 32.2. The molecule has 1 N–H and O–H groups in total. The van der Waals surface area contributed by atoms with Crippen LogP contribution >= 0.6 is 23.1 Å². The summed E-state index contributed by atoms with van der Waals surface area (Å²) in [6.45, 7) is 5.32. The number of amides is 1. The summed E-state index contributed by atoms with van der Waals surface area (Å²) in [6.07, 6.45) is 2.35. The SMILES string of the molecule is Cc1csc(S[C@@H](C)C(=O)NC[C@H]2CCCO2)n1. The third-order valence-corrected chi connectivity index (χ3v) is 4.96. The lowest BCUT2D eigenvalue weighted by atomic mass is 10.2. The minimum atomic E-state index is -0.114. The molecule has 1 amide bonds. The van der Waals surface area contributed by atoms with Crippen molar-refractivity contribution in [2.45, 2.75) is 42.4 Å². The zero-order chi connectivity index (χ0) is 13.0. The normalized spacial score (nSPS) is 20.9. The van der Waals surface area contributed by atoms with Crippen molar-refractivity contribution < 1.29 is 9.53 Å². The maximum Gasteiger partial charge on any atom is 0.233 e. The van der Waals surface area contributed by atoms with Gasteiger partial charge in [-0.15, -0.1) is 11.3 Å². The molecule has 0 unspecified atom stereocenters. The molecule has 2 atom stereocenters. The predicted molar refractivity (Wildman–Crippen MR) is 74.2 cm³/mol. The van der Waals surface area contributed by atoms with Crippen LogP contribution < -0.4 is 5.32 Å². The van der Waals surface area contributed by atoms with E-state index in [9.17, 15) is 4.79 Å². The predicted octanol–water partition coefficient (Wildman–Crippen LogP) is 2.23. The first-order valence-corrected chi connectivity index (χ1v) is 7.89. The Kier molecular flexibility index (Phi) is 5.03. The van der Waals surface area contributed by atoms with Gasteiger partial charge in [0.25, 0.3) is 0 Å². The number of carbonyl (C=O) groups excluding carboxylic acids is 1. The largest absolute Gasteiger partial charge is 0.376 e. The number of hydrogen-bond acceptors (Lipinski definition) is 5. The number of carbonyl (C=O) groups is 1. The Bertz CT molecular complexity index is 403. The molecule has 0 aromatic carbocycles. The summed E-state index contributed by atoms with van der Waals surface area (Å²) >= 11 is 3.10. The van der Waals surface area contributed by atoms with E-state index in [1.807, 2.05) is 19.2 Å². The summed E-state index contributed by atoms with van der Waals surface area (Å²) in [5, 5.41) is 4.83. The van der Waals surface area contributed by atoms with E-state index in [1.165, 1.54) is 11.8 Å². The maximum atomic E-state index is 11.9. The van der Waals surface area contributed by atoms with Gasteiger partial charge in [0.1, 0.15) is 0 Å². The van der Waals surface area contributed by atoms with E-state index in [1.54, 1.807) is 11.3 Å². The Balaban J connectivity index is 1.74. The average molecular weight is 286 g/mol. The number of nitrogens with zero attached hydrogens (tertiary/aromatic N) is 1. The molecule has 4 nitrogen and oxygen atoms in total. The Morgan fingerprint density at radius 1 is 1.78 bits per heavy atom. The molecule has 6 heteroatoms. The fourth-order valence-electron chi connectivity index (χ4n) is 1.75. The van der Waals surface area contributed by atoms with Crippen LogP contribution in [0.3, 0.4) is 0 Å². The van der Waals surface area contributed by atoms with Gasteiger partial charge in [-0.05, 0) is 26.7 Å². The zero-order valence-corrected chi connectivity index (χ0v) is 12.3. The highest BCUT2D eigenvalue weighted by Crippen LogP contribution is 2.26. The quantitative estimate of drug-likeness (QED) is 0.843. The van der Waals surface area contributed by atoms with Gasteiger partial charge in [0.05, 0.1) is 11.4 Å². The molecule has 1 aromatic rings. The monoisotopic (exact) mass is 286 g/mol. The van der Waals surface area contributed by atoms with Gasteiger partial charge in [0, 0.05) is 24.2 Å². The molecule has 1 saturated heterocycles. The van der Waals surface area contributed by atoms with Crippen LogP contribution in [0.15, 0.2) is 9.72 Å². The smallest absolute Gasteiger partial charge is 0.233 e. The zero-order valence-electron chi connectivity index (χ0n) is 10.6. The van der Waals surface area contributed by atoms with Gasteiger partial charge in [-0.2, -0.15) is 0 Å². The highest BCUT2D eigenvalue weighted by Gasteiger charge is 2.19. The summed E-state index contributed by atoms with van der Waals surface area (Å²) in [4.78, 5) is 16.2. The van der Waals surface area contributed by atoms with Crippen LogP contribution in [0.5, 0.6) is 0 Å². The molecular formula is C12H18N2O2S2. The molecule has 0 spiro atoms. The lowest BCUT2D eigenvalue weighted by molar-refractivity contribution is -0.120. The first kappa shape index (κ1) is 13.8. The summed E-state index contributed by atoms with van der Waals surface area (Å²) in [5.74, 6) is 0.0587. The Labute approximate surface area is 116 Å². The number of hydrogen-bond donors (Lipinski definition) is 1. The fraction of sp³-hybridized carbons (Fsp3) is 0.667. The first-order chi connectivity index (χ1) is 8.65. The molecule has 0 radical (unpaired) electrons. The number of aryl methyl sites for hydroxylation is 1.